The van der Waals surface area contributed by atoms with E-state index < -0.39 is 0 Å². The normalized spacial score (nSPS) is 16.4. The van der Waals surface area contributed by atoms with Gasteiger partial charge in [-0.2, -0.15) is 0 Å². The standard InChI is InChI=1S/C34H42N6O3/c1-41-29-6-3-5-26(21-29)25-36-34-35-10-9-32(37-34)28-22-27-7-8-30(42-2)24-31(27)33(23-28)40-15-13-38(14-16-40)11-4-12-39-17-19-43-20-18-39/h3,5-10,21-24H,4,11-20,25H2,1-2H3,(H,35,36,37). The number of piperazine rings is 1. The van der Waals surface area contributed by atoms with Crippen molar-refractivity contribution in [2.45, 2.75) is 13.0 Å². The average molecular weight is 583 g/mol. The molecule has 3 aromatic carbocycles. The highest BCUT2D eigenvalue weighted by molar-refractivity contribution is 5.98. The Morgan fingerprint density at radius 3 is 2.37 bits per heavy atom. The number of ether oxygens (including phenoxy) is 3. The van der Waals surface area contributed by atoms with Crippen molar-refractivity contribution in [3.8, 4) is 22.8 Å². The molecule has 0 saturated carbocycles. The van der Waals surface area contributed by atoms with E-state index in [2.05, 4.69) is 55.3 Å². The van der Waals surface area contributed by atoms with Gasteiger partial charge in [-0.15, -0.1) is 0 Å². The second-order valence-corrected chi connectivity index (χ2v) is 11.2. The largest absolute Gasteiger partial charge is 0.497 e. The topological polar surface area (TPSA) is 75.2 Å². The first-order valence-corrected chi connectivity index (χ1v) is 15.3. The number of anilines is 2. The summed E-state index contributed by atoms with van der Waals surface area (Å²) in [6.45, 7) is 10.9. The molecule has 43 heavy (non-hydrogen) atoms. The molecule has 0 bridgehead atoms. The maximum atomic E-state index is 5.61. The molecule has 9 nitrogen and oxygen atoms in total. The van der Waals surface area contributed by atoms with Crippen molar-refractivity contribution >= 4 is 22.4 Å². The van der Waals surface area contributed by atoms with Crippen molar-refractivity contribution in [1.29, 1.82) is 0 Å². The van der Waals surface area contributed by atoms with Crippen molar-refractivity contribution in [3.63, 3.8) is 0 Å². The van der Waals surface area contributed by atoms with Gasteiger partial charge < -0.3 is 24.4 Å². The minimum Gasteiger partial charge on any atom is -0.497 e. The van der Waals surface area contributed by atoms with Crippen molar-refractivity contribution < 1.29 is 14.2 Å². The molecule has 0 radical (unpaired) electrons. The van der Waals surface area contributed by atoms with E-state index >= 15 is 0 Å². The van der Waals surface area contributed by atoms with Crippen molar-refractivity contribution in [1.82, 2.24) is 19.8 Å². The minimum atomic E-state index is 0.599. The van der Waals surface area contributed by atoms with Gasteiger partial charge in [0.15, 0.2) is 0 Å². The summed E-state index contributed by atoms with van der Waals surface area (Å²) in [4.78, 5) is 17.0. The Morgan fingerprint density at radius 1 is 0.814 bits per heavy atom. The van der Waals surface area contributed by atoms with Gasteiger partial charge in [0, 0.05) is 68.6 Å². The predicted octanol–water partition coefficient (Wildman–Crippen LogP) is 4.77. The second kappa shape index (κ2) is 14.0. The summed E-state index contributed by atoms with van der Waals surface area (Å²) < 4.78 is 16.5. The maximum Gasteiger partial charge on any atom is 0.223 e. The van der Waals surface area contributed by atoms with Gasteiger partial charge in [-0.1, -0.05) is 18.2 Å². The number of morpholine rings is 1. The van der Waals surface area contributed by atoms with Crippen LogP contribution in [0.5, 0.6) is 11.5 Å². The lowest BCUT2D eigenvalue weighted by atomic mass is 10.0. The van der Waals surface area contributed by atoms with Gasteiger partial charge >= 0.3 is 0 Å². The van der Waals surface area contributed by atoms with Gasteiger partial charge in [-0.05, 0) is 72.9 Å². The van der Waals surface area contributed by atoms with Crippen molar-refractivity contribution in [2.75, 3.05) is 90.0 Å². The summed E-state index contributed by atoms with van der Waals surface area (Å²) in [5, 5.41) is 5.75. The zero-order valence-electron chi connectivity index (χ0n) is 25.3. The van der Waals surface area contributed by atoms with E-state index in [1.54, 1.807) is 14.2 Å². The van der Waals surface area contributed by atoms with Gasteiger partial charge in [0.05, 0.1) is 33.1 Å². The first-order valence-electron chi connectivity index (χ1n) is 15.3. The van der Waals surface area contributed by atoms with Crippen LogP contribution in [0.3, 0.4) is 0 Å². The fraction of sp³-hybridized carbons (Fsp3) is 0.412. The molecule has 0 spiro atoms. The molecule has 1 N–H and O–H groups in total. The Morgan fingerprint density at radius 2 is 1.58 bits per heavy atom. The van der Waals surface area contributed by atoms with Gasteiger partial charge in [-0.3, -0.25) is 9.80 Å². The highest BCUT2D eigenvalue weighted by Gasteiger charge is 2.21. The van der Waals surface area contributed by atoms with Crippen LogP contribution >= 0.6 is 0 Å². The second-order valence-electron chi connectivity index (χ2n) is 11.2. The Kier molecular flexibility index (Phi) is 9.52. The molecule has 0 amide bonds. The van der Waals surface area contributed by atoms with E-state index in [9.17, 15) is 0 Å². The van der Waals surface area contributed by atoms with E-state index in [0.717, 1.165) is 93.9 Å². The molecule has 1 aromatic heterocycles. The van der Waals surface area contributed by atoms with Crippen LogP contribution in [0.25, 0.3) is 22.0 Å². The zero-order valence-corrected chi connectivity index (χ0v) is 25.3. The number of nitrogens with one attached hydrogen (secondary N) is 1. The number of rotatable bonds is 11. The van der Waals surface area contributed by atoms with Gasteiger partial charge in [-0.25, -0.2) is 9.97 Å². The molecule has 2 fully saturated rings. The molecule has 4 aromatic rings. The average Bonchev–Trinajstić information content (AvgIpc) is 3.07. The molecule has 3 heterocycles. The molecule has 6 rings (SSSR count). The van der Waals surface area contributed by atoms with Crippen LogP contribution in [0.1, 0.15) is 12.0 Å². The Labute approximate surface area is 254 Å². The molecular formula is C34H42N6O3. The lowest BCUT2D eigenvalue weighted by molar-refractivity contribution is 0.0360. The predicted molar refractivity (Wildman–Crippen MR) is 172 cm³/mol. The molecule has 0 atom stereocenters. The minimum absolute atomic E-state index is 0.599. The summed E-state index contributed by atoms with van der Waals surface area (Å²) in [6, 6.07) is 20.8. The number of hydrogen-bond donors (Lipinski definition) is 1. The molecule has 0 aliphatic carbocycles. The number of nitrogens with zero attached hydrogens (tertiary/aromatic N) is 5. The third kappa shape index (κ3) is 7.36. The Balaban J connectivity index is 1.17. The SMILES string of the molecule is COc1cccc(CNc2nccc(-c3cc(N4CCN(CCCN5CCOCC5)CC4)c4cc(OC)ccc4c3)n2)c1. The van der Waals surface area contributed by atoms with Gasteiger partial charge in [0.25, 0.3) is 0 Å². The van der Waals surface area contributed by atoms with E-state index in [4.69, 9.17) is 19.2 Å². The highest BCUT2D eigenvalue weighted by atomic mass is 16.5. The molecule has 2 saturated heterocycles. The highest BCUT2D eigenvalue weighted by Crippen LogP contribution is 2.35. The van der Waals surface area contributed by atoms with Crippen molar-refractivity contribution in [2.24, 2.45) is 0 Å². The first-order chi connectivity index (χ1) is 21.2. The Hall–Kier alpha value is -3.92. The quantitative estimate of drug-likeness (QED) is 0.269. The third-order valence-electron chi connectivity index (χ3n) is 8.44. The van der Waals surface area contributed by atoms with Crippen LogP contribution in [0.2, 0.25) is 0 Å². The van der Waals surface area contributed by atoms with Crippen LogP contribution in [0.15, 0.2) is 66.9 Å². The monoisotopic (exact) mass is 582 g/mol. The van der Waals surface area contributed by atoms with E-state index in [0.29, 0.717) is 12.5 Å². The van der Waals surface area contributed by atoms with Crippen LogP contribution in [-0.2, 0) is 11.3 Å². The molecular weight excluding hydrogens is 540 g/mol. The van der Waals surface area contributed by atoms with E-state index in [-0.39, 0.29) is 0 Å². The fourth-order valence-corrected chi connectivity index (χ4v) is 5.98. The first kappa shape index (κ1) is 29.2. The van der Waals surface area contributed by atoms with Gasteiger partial charge in [0.1, 0.15) is 11.5 Å². The molecule has 2 aliphatic heterocycles. The van der Waals surface area contributed by atoms with Gasteiger partial charge in [0.2, 0.25) is 5.95 Å². The molecule has 9 heteroatoms. The lowest BCUT2D eigenvalue weighted by Crippen LogP contribution is -2.47. The number of benzene rings is 3. The number of hydrogen-bond acceptors (Lipinski definition) is 9. The number of fused-ring (bicyclic) bond motifs is 1. The molecule has 226 valence electrons. The van der Waals surface area contributed by atoms with Crippen LogP contribution < -0.4 is 19.7 Å². The van der Waals surface area contributed by atoms with Crippen LogP contribution in [0, 0.1) is 0 Å². The molecule has 2 aliphatic rings. The van der Waals surface area contributed by atoms with E-state index in [1.807, 2.05) is 36.5 Å². The van der Waals surface area contributed by atoms with Crippen LogP contribution in [0.4, 0.5) is 11.6 Å². The zero-order chi connectivity index (χ0) is 29.4. The smallest absolute Gasteiger partial charge is 0.223 e. The lowest BCUT2D eigenvalue weighted by Gasteiger charge is -2.37. The fourth-order valence-electron chi connectivity index (χ4n) is 5.98. The molecule has 0 unspecified atom stereocenters. The maximum absolute atomic E-state index is 5.61. The number of aromatic nitrogens is 2. The van der Waals surface area contributed by atoms with Crippen LogP contribution in [-0.4, -0.2) is 99.6 Å². The number of methoxy groups -OCH3 is 2. The summed E-state index contributed by atoms with van der Waals surface area (Å²) in [5.74, 6) is 2.31. The summed E-state index contributed by atoms with van der Waals surface area (Å²) in [7, 11) is 3.41. The summed E-state index contributed by atoms with van der Waals surface area (Å²) >= 11 is 0. The van der Waals surface area contributed by atoms with E-state index in [1.165, 1.54) is 22.9 Å². The summed E-state index contributed by atoms with van der Waals surface area (Å²) in [6.07, 6.45) is 3.03. The van der Waals surface area contributed by atoms with Crippen molar-refractivity contribution in [3.05, 3.63) is 72.4 Å². The third-order valence-corrected chi connectivity index (χ3v) is 8.44. The Bertz CT molecular complexity index is 1500. The summed E-state index contributed by atoms with van der Waals surface area (Å²) in [5.41, 5.74) is 4.30.